The third-order valence-electron chi connectivity index (χ3n) is 2.77. The van der Waals surface area contributed by atoms with Crippen LogP contribution in [0.5, 0.6) is 0 Å². The molecule has 1 fully saturated rings. The quantitative estimate of drug-likeness (QED) is 0.813. The van der Waals surface area contributed by atoms with Gasteiger partial charge in [-0.25, -0.2) is 0 Å². The Bertz CT molecular complexity index is 304. The van der Waals surface area contributed by atoms with Crippen LogP contribution in [0.4, 0.5) is 0 Å². The molecule has 0 atom stereocenters. The van der Waals surface area contributed by atoms with Gasteiger partial charge in [0.25, 0.3) is 0 Å². The van der Waals surface area contributed by atoms with E-state index in [2.05, 4.69) is 49.9 Å². The Morgan fingerprint density at radius 2 is 2.00 bits per heavy atom. The van der Waals surface area contributed by atoms with Crippen molar-refractivity contribution in [3.63, 3.8) is 0 Å². The molecule has 0 amide bonds. The monoisotopic (exact) mass is 269 g/mol. The zero-order valence-electron chi connectivity index (χ0n) is 8.99. The Morgan fingerprint density at radius 1 is 1.27 bits per heavy atom. The fourth-order valence-corrected chi connectivity index (χ4v) is 1.97. The molecule has 0 N–H and O–H groups in total. The second-order valence-corrected chi connectivity index (χ2v) is 4.96. The molecule has 1 aromatic rings. The van der Waals surface area contributed by atoms with Crippen molar-refractivity contribution in [3.8, 4) is 0 Å². The fraction of sp³-hybridized carbons (Fsp3) is 0.545. The highest BCUT2D eigenvalue weighted by Gasteiger charge is 2.13. The number of aromatic nitrogens is 1. The minimum absolute atomic E-state index is 0.973. The molecule has 0 aliphatic carbocycles. The van der Waals surface area contributed by atoms with Gasteiger partial charge in [-0.3, -0.25) is 9.88 Å². The molecule has 2 rings (SSSR count). The SMILES string of the molecule is CN1CCN(Cc2ccc(Br)cn2)CC1. The summed E-state index contributed by atoms with van der Waals surface area (Å²) in [6.45, 7) is 5.59. The summed E-state index contributed by atoms with van der Waals surface area (Å²) in [6, 6.07) is 4.14. The van der Waals surface area contributed by atoms with Gasteiger partial charge in [0.15, 0.2) is 0 Å². The highest BCUT2D eigenvalue weighted by atomic mass is 79.9. The number of halogens is 1. The Balaban J connectivity index is 1.89. The molecule has 82 valence electrons. The van der Waals surface area contributed by atoms with Crippen LogP contribution in [0.25, 0.3) is 0 Å². The molecule has 0 unspecified atom stereocenters. The summed E-state index contributed by atoms with van der Waals surface area (Å²) in [5.74, 6) is 0. The Morgan fingerprint density at radius 3 is 2.60 bits per heavy atom. The Kier molecular flexibility index (Phi) is 3.72. The van der Waals surface area contributed by atoms with Crippen LogP contribution in [0, 0.1) is 0 Å². The molecule has 4 heteroatoms. The van der Waals surface area contributed by atoms with Crippen molar-refractivity contribution in [1.29, 1.82) is 0 Å². The zero-order chi connectivity index (χ0) is 10.7. The van der Waals surface area contributed by atoms with Crippen molar-refractivity contribution >= 4 is 15.9 Å². The number of hydrogen-bond acceptors (Lipinski definition) is 3. The van der Waals surface area contributed by atoms with Gasteiger partial charge in [-0.05, 0) is 35.1 Å². The van der Waals surface area contributed by atoms with E-state index in [4.69, 9.17) is 0 Å². The Labute approximate surface area is 99.2 Å². The third kappa shape index (κ3) is 3.26. The zero-order valence-corrected chi connectivity index (χ0v) is 10.6. The molecule has 15 heavy (non-hydrogen) atoms. The van der Waals surface area contributed by atoms with E-state index in [0.29, 0.717) is 0 Å². The summed E-state index contributed by atoms with van der Waals surface area (Å²) in [7, 11) is 2.18. The summed E-state index contributed by atoms with van der Waals surface area (Å²) >= 11 is 3.40. The van der Waals surface area contributed by atoms with E-state index in [-0.39, 0.29) is 0 Å². The Hall–Kier alpha value is -0.450. The summed E-state index contributed by atoms with van der Waals surface area (Å²) < 4.78 is 1.05. The molecule has 3 nitrogen and oxygen atoms in total. The van der Waals surface area contributed by atoms with Gasteiger partial charge in [0.05, 0.1) is 5.69 Å². The van der Waals surface area contributed by atoms with Crippen LogP contribution in [-0.2, 0) is 6.54 Å². The molecule has 1 aromatic heterocycles. The first kappa shape index (κ1) is 11.0. The first-order valence-electron chi connectivity index (χ1n) is 5.25. The van der Waals surface area contributed by atoms with Crippen LogP contribution in [0.1, 0.15) is 5.69 Å². The maximum absolute atomic E-state index is 4.39. The molecular formula is C11H16BrN3. The molecule has 1 aliphatic rings. The predicted octanol–water partition coefficient (Wildman–Crippen LogP) is 1.59. The van der Waals surface area contributed by atoms with Gasteiger partial charge in [0, 0.05) is 43.4 Å². The largest absolute Gasteiger partial charge is 0.304 e. The average Bonchev–Trinajstić information content (AvgIpc) is 2.25. The van der Waals surface area contributed by atoms with Gasteiger partial charge in [-0.1, -0.05) is 0 Å². The van der Waals surface area contributed by atoms with Crippen LogP contribution in [0.2, 0.25) is 0 Å². The van der Waals surface area contributed by atoms with Crippen LogP contribution >= 0.6 is 15.9 Å². The van der Waals surface area contributed by atoms with E-state index in [1.807, 2.05) is 6.20 Å². The maximum Gasteiger partial charge on any atom is 0.0544 e. The summed E-state index contributed by atoms with van der Waals surface area (Å²) in [6.07, 6.45) is 1.87. The van der Waals surface area contributed by atoms with Crippen molar-refractivity contribution in [2.75, 3.05) is 33.2 Å². The number of likely N-dealkylation sites (N-methyl/N-ethyl adjacent to an activating group) is 1. The minimum atomic E-state index is 0.973. The molecule has 0 radical (unpaired) electrons. The second-order valence-electron chi connectivity index (χ2n) is 4.05. The summed E-state index contributed by atoms with van der Waals surface area (Å²) in [5.41, 5.74) is 1.16. The fourth-order valence-electron chi connectivity index (χ4n) is 1.74. The van der Waals surface area contributed by atoms with Crippen LogP contribution in [0.3, 0.4) is 0 Å². The normalized spacial score (nSPS) is 19.3. The van der Waals surface area contributed by atoms with E-state index >= 15 is 0 Å². The minimum Gasteiger partial charge on any atom is -0.304 e. The molecule has 0 saturated carbocycles. The molecule has 0 spiro atoms. The molecule has 0 bridgehead atoms. The lowest BCUT2D eigenvalue weighted by Crippen LogP contribution is -2.43. The lowest BCUT2D eigenvalue weighted by atomic mass is 10.3. The smallest absolute Gasteiger partial charge is 0.0544 e. The average molecular weight is 270 g/mol. The number of rotatable bonds is 2. The van der Waals surface area contributed by atoms with Gasteiger partial charge >= 0.3 is 0 Å². The number of hydrogen-bond donors (Lipinski definition) is 0. The maximum atomic E-state index is 4.39. The molecule has 2 heterocycles. The molecule has 1 aliphatic heterocycles. The lowest BCUT2D eigenvalue weighted by Gasteiger charge is -2.32. The first-order chi connectivity index (χ1) is 7.24. The second kappa shape index (κ2) is 5.05. The van der Waals surface area contributed by atoms with E-state index < -0.39 is 0 Å². The van der Waals surface area contributed by atoms with Gasteiger partial charge in [0.2, 0.25) is 0 Å². The van der Waals surface area contributed by atoms with E-state index in [1.54, 1.807) is 0 Å². The number of nitrogens with zero attached hydrogens (tertiary/aromatic N) is 3. The van der Waals surface area contributed by atoms with E-state index in [0.717, 1.165) is 42.9 Å². The van der Waals surface area contributed by atoms with Gasteiger partial charge < -0.3 is 4.90 Å². The highest BCUT2D eigenvalue weighted by Crippen LogP contribution is 2.10. The number of pyridine rings is 1. The van der Waals surface area contributed by atoms with Crippen molar-refractivity contribution in [3.05, 3.63) is 28.5 Å². The third-order valence-corrected chi connectivity index (χ3v) is 3.24. The van der Waals surface area contributed by atoms with E-state index in [1.165, 1.54) is 0 Å². The summed E-state index contributed by atoms with van der Waals surface area (Å²) in [4.78, 5) is 9.21. The van der Waals surface area contributed by atoms with Crippen molar-refractivity contribution in [2.45, 2.75) is 6.54 Å². The predicted molar refractivity (Wildman–Crippen MR) is 64.7 cm³/mol. The van der Waals surface area contributed by atoms with Crippen molar-refractivity contribution in [2.24, 2.45) is 0 Å². The standard InChI is InChI=1S/C11H16BrN3/c1-14-4-6-15(7-5-14)9-11-3-2-10(12)8-13-11/h2-3,8H,4-7,9H2,1H3. The van der Waals surface area contributed by atoms with Gasteiger partial charge in [-0.15, -0.1) is 0 Å². The van der Waals surface area contributed by atoms with Crippen molar-refractivity contribution in [1.82, 2.24) is 14.8 Å². The van der Waals surface area contributed by atoms with Gasteiger partial charge in [0.1, 0.15) is 0 Å². The lowest BCUT2D eigenvalue weighted by molar-refractivity contribution is 0.147. The number of piperazine rings is 1. The summed E-state index contributed by atoms with van der Waals surface area (Å²) in [5, 5.41) is 0. The first-order valence-corrected chi connectivity index (χ1v) is 6.05. The van der Waals surface area contributed by atoms with Crippen LogP contribution < -0.4 is 0 Å². The van der Waals surface area contributed by atoms with Crippen molar-refractivity contribution < 1.29 is 0 Å². The van der Waals surface area contributed by atoms with Crippen LogP contribution in [-0.4, -0.2) is 48.0 Å². The molecule has 1 saturated heterocycles. The van der Waals surface area contributed by atoms with Gasteiger partial charge in [-0.2, -0.15) is 0 Å². The molecule has 0 aromatic carbocycles. The highest BCUT2D eigenvalue weighted by molar-refractivity contribution is 9.10. The van der Waals surface area contributed by atoms with Crippen LogP contribution in [0.15, 0.2) is 22.8 Å². The molecular weight excluding hydrogens is 254 g/mol. The topological polar surface area (TPSA) is 19.4 Å². The van der Waals surface area contributed by atoms with E-state index in [9.17, 15) is 0 Å².